The first-order valence-corrected chi connectivity index (χ1v) is 15.9. The number of esters is 1. The number of alkyl carbamates (subject to hydrolysis) is 1. The molecule has 0 spiro atoms. The molecule has 3 aromatic carbocycles. The van der Waals surface area contributed by atoms with Crippen LogP contribution in [-0.2, 0) is 38.6 Å². The lowest BCUT2D eigenvalue weighted by Crippen LogP contribution is -2.36. The van der Waals surface area contributed by atoms with Crippen LogP contribution < -0.4 is 10.1 Å². The summed E-state index contributed by atoms with van der Waals surface area (Å²) in [6, 6.07) is 16.6. The number of ether oxygens (including phenoxy) is 4. The predicted octanol–water partition coefficient (Wildman–Crippen LogP) is 7.32. The van der Waals surface area contributed by atoms with E-state index in [1.54, 1.807) is 39.0 Å². The number of rotatable bonds is 11. The first-order chi connectivity index (χ1) is 22.2. The van der Waals surface area contributed by atoms with Crippen LogP contribution in [0.3, 0.4) is 0 Å². The second-order valence-electron chi connectivity index (χ2n) is 13.6. The molecular weight excluding hydrogens is 606 g/mol. The van der Waals surface area contributed by atoms with E-state index in [1.807, 2.05) is 57.2 Å². The zero-order valence-corrected chi connectivity index (χ0v) is 28.2. The number of nitrogens with zero attached hydrogens (tertiary/aromatic N) is 1. The molecule has 0 aromatic heterocycles. The molecule has 1 fully saturated rings. The van der Waals surface area contributed by atoms with Crippen molar-refractivity contribution in [2.45, 2.75) is 78.4 Å². The lowest BCUT2D eigenvalue weighted by Gasteiger charge is -2.27. The number of amides is 1. The van der Waals surface area contributed by atoms with Gasteiger partial charge in [0, 0.05) is 36.3 Å². The van der Waals surface area contributed by atoms with Crippen molar-refractivity contribution in [1.82, 2.24) is 10.2 Å². The first-order valence-electron chi connectivity index (χ1n) is 15.9. The Morgan fingerprint density at radius 3 is 2.28 bits per heavy atom. The van der Waals surface area contributed by atoms with Gasteiger partial charge in [-0.05, 0) is 76.4 Å². The van der Waals surface area contributed by atoms with Gasteiger partial charge in [0.15, 0.2) is 0 Å². The molecule has 1 saturated heterocycles. The van der Waals surface area contributed by atoms with Gasteiger partial charge < -0.3 is 24.3 Å². The second-order valence-corrected chi connectivity index (χ2v) is 13.6. The maximum absolute atomic E-state index is 16.2. The maximum atomic E-state index is 16.2. The molecule has 0 bridgehead atoms. The fraction of sp³-hybridized carbons (Fsp3) is 0.459. The molecule has 1 unspecified atom stereocenters. The van der Waals surface area contributed by atoms with Crippen LogP contribution in [0.2, 0.25) is 0 Å². The monoisotopic (exact) mass is 652 g/mol. The number of alkyl halides is 1. The highest BCUT2D eigenvalue weighted by Gasteiger charge is 2.25. The summed E-state index contributed by atoms with van der Waals surface area (Å²) in [6.07, 6.45) is -0.773. The molecule has 0 saturated carbocycles. The van der Waals surface area contributed by atoms with E-state index in [-0.39, 0.29) is 30.1 Å². The molecule has 1 aliphatic heterocycles. The van der Waals surface area contributed by atoms with Gasteiger partial charge in [-0.25, -0.2) is 13.6 Å². The Kier molecular flexibility index (Phi) is 12.0. The number of para-hydroxylation sites is 1. The van der Waals surface area contributed by atoms with E-state index >= 15 is 4.39 Å². The Morgan fingerprint density at radius 2 is 1.60 bits per heavy atom. The van der Waals surface area contributed by atoms with Crippen LogP contribution in [0.25, 0.3) is 11.1 Å². The minimum atomic E-state index is -1.23. The summed E-state index contributed by atoms with van der Waals surface area (Å²) in [7, 11) is 0. The number of nitrogens with one attached hydrogen (secondary N) is 1. The Labute approximate surface area is 276 Å². The minimum Gasteiger partial charge on any atom is -0.489 e. The Morgan fingerprint density at radius 1 is 0.915 bits per heavy atom. The number of benzene rings is 3. The smallest absolute Gasteiger partial charge is 0.408 e. The van der Waals surface area contributed by atoms with Gasteiger partial charge in [-0.2, -0.15) is 0 Å². The van der Waals surface area contributed by atoms with Gasteiger partial charge in [-0.3, -0.25) is 9.69 Å². The molecular formula is C37H46F2N2O6. The average Bonchev–Trinajstić information content (AvgIpc) is 2.98. The van der Waals surface area contributed by atoms with E-state index in [1.165, 1.54) is 6.07 Å². The molecule has 1 aliphatic rings. The van der Waals surface area contributed by atoms with Crippen LogP contribution in [0.5, 0.6) is 5.75 Å². The minimum absolute atomic E-state index is 0.0170. The van der Waals surface area contributed by atoms with Crippen molar-refractivity contribution < 1.29 is 37.3 Å². The van der Waals surface area contributed by atoms with Crippen molar-refractivity contribution in [2.75, 3.05) is 33.0 Å². The Hall–Kier alpha value is -4.02. The fourth-order valence-electron chi connectivity index (χ4n) is 5.29. The number of carbonyl (C=O) groups is 2. The van der Waals surface area contributed by atoms with E-state index < -0.39 is 35.8 Å². The fourth-order valence-corrected chi connectivity index (χ4v) is 5.29. The molecule has 3 aromatic rings. The van der Waals surface area contributed by atoms with Gasteiger partial charge >= 0.3 is 12.1 Å². The summed E-state index contributed by atoms with van der Waals surface area (Å²) in [5.41, 5.74) is 1.91. The third kappa shape index (κ3) is 11.0. The predicted molar refractivity (Wildman–Crippen MR) is 176 cm³/mol. The zero-order chi connectivity index (χ0) is 34.2. The van der Waals surface area contributed by atoms with Crippen molar-refractivity contribution in [2.24, 2.45) is 0 Å². The van der Waals surface area contributed by atoms with Gasteiger partial charge in [-0.1, -0.05) is 42.5 Å². The largest absolute Gasteiger partial charge is 0.489 e. The molecule has 1 heterocycles. The number of carbonyl (C=O) groups excluding carboxylic acids is 2. The molecule has 47 heavy (non-hydrogen) atoms. The first kappa shape index (κ1) is 35.8. The normalized spacial score (nSPS) is 14.7. The molecule has 10 heteroatoms. The molecule has 0 radical (unpaired) electrons. The van der Waals surface area contributed by atoms with E-state index in [0.717, 1.165) is 24.2 Å². The molecule has 254 valence electrons. The lowest BCUT2D eigenvalue weighted by molar-refractivity contribution is -0.153. The summed E-state index contributed by atoms with van der Waals surface area (Å²) in [5, 5.41) is 2.46. The summed E-state index contributed by atoms with van der Waals surface area (Å²) in [6.45, 7) is 13.1. The molecule has 1 N–H and O–H groups in total. The topological polar surface area (TPSA) is 86.3 Å². The number of hydrogen-bond donors (Lipinski definition) is 1. The average molecular weight is 653 g/mol. The summed E-state index contributed by atoms with van der Waals surface area (Å²) >= 11 is 0. The van der Waals surface area contributed by atoms with Crippen LogP contribution in [0.15, 0.2) is 60.7 Å². The van der Waals surface area contributed by atoms with Crippen molar-refractivity contribution in [3.63, 3.8) is 0 Å². The van der Waals surface area contributed by atoms with Crippen molar-refractivity contribution in [3.05, 3.63) is 88.7 Å². The van der Waals surface area contributed by atoms with E-state index in [9.17, 15) is 14.0 Å². The van der Waals surface area contributed by atoms with Gasteiger partial charge in [0.25, 0.3) is 0 Å². The van der Waals surface area contributed by atoms with E-state index in [2.05, 4.69) is 10.2 Å². The third-order valence-electron chi connectivity index (χ3n) is 7.24. The van der Waals surface area contributed by atoms with Gasteiger partial charge in [-0.15, -0.1) is 0 Å². The highest BCUT2D eigenvalue weighted by Crippen LogP contribution is 2.31. The van der Waals surface area contributed by atoms with Crippen LogP contribution in [0, 0.1) is 5.82 Å². The molecule has 1 atom stereocenters. The Balaban J connectivity index is 1.63. The van der Waals surface area contributed by atoms with Gasteiger partial charge in [0.1, 0.15) is 36.1 Å². The molecule has 8 nitrogen and oxygen atoms in total. The van der Waals surface area contributed by atoms with Crippen LogP contribution in [-0.4, -0.2) is 61.1 Å². The quantitative estimate of drug-likeness (QED) is 0.217. The molecule has 1 amide bonds. The van der Waals surface area contributed by atoms with Crippen LogP contribution >= 0.6 is 0 Å². The van der Waals surface area contributed by atoms with Crippen molar-refractivity contribution >= 4 is 12.1 Å². The number of halogens is 2. The summed E-state index contributed by atoms with van der Waals surface area (Å²) in [5.74, 6) is -0.443. The van der Waals surface area contributed by atoms with Gasteiger partial charge in [0.05, 0.1) is 25.7 Å². The highest BCUT2D eigenvalue weighted by molar-refractivity contribution is 5.74. The van der Waals surface area contributed by atoms with Crippen LogP contribution in [0.1, 0.15) is 69.8 Å². The summed E-state index contributed by atoms with van der Waals surface area (Å²) in [4.78, 5) is 27.2. The number of hydrogen-bond acceptors (Lipinski definition) is 7. The van der Waals surface area contributed by atoms with Crippen molar-refractivity contribution in [3.8, 4) is 16.9 Å². The molecule has 0 aliphatic carbocycles. The van der Waals surface area contributed by atoms with E-state index in [4.69, 9.17) is 18.9 Å². The summed E-state index contributed by atoms with van der Waals surface area (Å²) < 4.78 is 52.9. The van der Waals surface area contributed by atoms with Gasteiger partial charge in [0.2, 0.25) is 0 Å². The van der Waals surface area contributed by atoms with E-state index in [0.29, 0.717) is 36.6 Å². The zero-order valence-electron chi connectivity index (χ0n) is 28.2. The van der Waals surface area contributed by atoms with Crippen molar-refractivity contribution in [1.29, 1.82) is 0 Å². The third-order valence-corrected chi connectivity index (χ3v) is 7.24. The molecule has 4 rings (SSSR count). The standard InChI is InChI=1S/C37H46F2N2O6/c1-36(2,3)46-33(42)21-27-10-7-8-13-32(27)45-24-26-18-25(23-41-14-16-44-17-15-41)19-28(20-26)29-11-9-12-30(34(29)39)31(22-38)40-35(43)47-37(4,5)6/h7-13,18-20,31H,14-17,21-24H2,1-6H3,(H,40,43). The second kappa shape index (κ2) is 15.7. The SMILES string of the molecule is CC(C)(C)OC(=O)Cc1ccccc1OCc1cc(CN2CCOCC2)cc(-c2cccc(C(CF)NC(=O)OC(C)(C)C)c2F)c1. The number of morpholine rings is 1. The Bertz CT molecular complexity index is 1530. The highest BCUT2D eigenvalue weighted by atomic mass is 19.1. The lowest BCUT2D eigenvalue weighted by atomic mass is 9.95. The maximum Gasteiger partial charge on any atom is 0.408 e. The van der Waals surface area contributed by atoms with Crippen LogP contribution in [0.4, 0.5) is 13.6 Å².